The Balaban J connectivity index is 1.34. The van der Waals surface area contributed by atoms with E-state index >= 15 is 0 Å². The Labute approximate surface area is 208 Å². The number of fused-ring (bicyclic) bond motifs is 3. The summed E-state index contributed by atoms with van der Waals surface area (Å²) in [5.41, 5.74) is 8.92. The molecule has 0 saturated carbocycles. The Morgan fingerprint density at radius 3 is 2.40 bits per heavy atom. The monoisotopic (exact) mass is 470 g/mol. The van der Waals surface area contributed by atoms with Crippen LogP contribution in [0.4, 0.5) is 5.69 Å². The molecule has 0 aromatic heterocycles. The highest BCUT2D eigenvalue weighted by Crippen LogP contribution is 2.43. The van der Waals surface area contributed by atoms with Crippen molar-refractivity contribution in [2.24, 2.45) is 0 Å². The molecule has 182 valence electrons. The highest BCUT2D eigenvalue weighted by atomic mass is 16.5. The van der Waals surface area contributed by atoms with Crippen molar-refractivity contribution in [1.82, 2.24) is 4.90 Å². The minimum absolute atomic E-state index is 0.361. The van der Waals surface area contributed by atoms with Crippen LogP contribution in [0.5, 0.6) is 17.2 Å². The zero-order valence-corrected chi connectivity index (χ0v) is 21.1. The first kappa shape index (κ1) is 23.3. The second-order valence-corrected chi connectivity index (χ2v) is 9.53. The van der Waals surface area contributed by atoms with Crippen molar-refractivity contribution < 1.29 is 14.2 Å². The summed E-state index contributed by atoms with van der Waals surface area (Å²) in [6.45, 7) is 6.82. The van der Waals surface area contributed by atoms with Crippen molar-refractivity contribution >= 4 is 5.69 Å². The van der Waals surface area contributed by atoms with Gasteiger partial charge in [-0.15, -0.1) is 0 Å². The van der Waals surface area contributed by atoms with Gasteiger partial charge in [0, 0.05) is 30.5 Å². The normalized spacial score (nSPS) is 17.4. The van der Waals surface area contributed by atoms with Crippen molar-refractivity contribution in [3.63, 3.8) is 0 Å². The van der Waals surface area contributed by atoms with Crippen LogP contribution < -0.4 is 19.5 Å². The summed E-state index contributed by atoms with van der Waals surface area (Å²) in [7, 11) is 3.42. The third kappa shape index (κ3) is 5.01. The molecule has 5 nitrogen and oxygen atoms in total. The number of anilines is 1. The van der Waals surface area contributed by atoms with Crippen molar-refractivity contribution in [2.45, 2.75) is 39.3 Å². The number of nitrogens with one attached hydrogen (secondary N) is 1. The van der Waals surface area contributed by atoms with Gasteiger partial charge in [0.15, 0.2) is 11.5 Å². The molecule has 0 fully saturated rings. The molecule has 3 aromatic carbocycles. The number of hydrogen-bond donors (Lipinski definition) is 1. The lowest BCUT2D eigenvalue weighted by Crippen LogP contribution is -2.41. The molecule has 2 aliphatic rings. The zero-order chi connectivity index (χ0) is 24.4. The third-order valence-electron chi connectivity index (χ3n) is 7.17. The van der Waals surface area contributed by atoms with Crippen LogP contribution in [0, 0.1) is 6.92 Å². The van der Waals surface area contributed by atoms with Crippen molar-refractivity contribution in [3.05, 3.63) is 94.2 Å². The van der Waals surface area contributed by atoms with Crippen molar-refractivity contribution in [3.8, 4) is 17.2 Å². The molecule has 0 bridgehead atoms. The van der Waals surface area contributed by atoms with Gasteiger partial charge in [-0.05, 0) is 79.8 Å². The number of nitrogens with zero attached hydrogens (tertiary/aromatic N) is 1. The third-order valence-corrected chi connectivity index (χ3v) is 7.17. The van der Waals surface area contributed by atoms with Gasteiger partial charge in [-0.2, -0.15) is 0 Å². The van der Waals surface area contributed by atoms with Crippen LogP contribution >= 0.6 is 0 Å². The summed E-state index contributed by atoms with van der Waals surface area (Å²) < 4.78 is 17.3. The fourth-order valence-corrected chi connectivity index (χ4v) is 5.05. The largest absolute Gasteiger partial charge is 0.497 e. The van der Waals surface area contributed by atoms with Crippen LogP contribution in [0.25, 0.3) is 0 Å². The molecule has 5 rings (SSSR count). The maximum absolute atomic E-state index is 6.21. The highest BCUT2D eigenvalue weighted by Gasteiger charge is 2.33. The molecule has 1 N–H and O–H groups in total. The molecule has 3 aromatic rings. The molecular weight excluding hydrogens is 436 g/mol. The summed E-state index contributed by atoms with van der Waals surface area (Å²) in [4.78, 5) is 2.58. The lowest BCUT2D eigenvalue weighted by atomic mass is 9.85. The van der Waals surface area contributed by atoms with Gasteiger partial charge in [0.05, 0.1) is 14.2 Å². The molecule has 0 spiro atoms. The molecule has 1 atom stereocenters. The molecule has 2 heterocycles. The highest BCUT2D eigenvalue weighted by molar-refractivity contribution is 5.54. The van der Waals surface area contributed by atoms with Gasteiger partial charge >= 0.3 is 0 Å². The second kappa shape index (κ2) is 10.0. The predicted molar refractivity (Wildman–Crippen MR) is 140 cm³/mol. The van der Waals surface area contributed by atoms with E-state index in [1.54, 1.807) is 14.2 Å². The summed E-state index contributed by atoms with van der Waals surface area (Å²) in [6, 6.07) is 21.4. The Bertz CT molecular complexity index is 1220. The van der Waals surface area contributed by atoms with Gasteiger partial charge in [0.25, 0.3) is 0 Å². The van der Waals surface area contributed by atoms with Crippen LogP contribution in [0.15, 0.2) is 71.9 Å². The molecule has 0 saturated heterocycles. The molecule has 35 heavy (non-hydrogen) atoms. The number of benzene rings is 3. The van der Waals surface area contributed by atoms with Crippen LogP contribution in [-0.4, -0.2) is 32.2 Å². The van der Waals surface area contributed by atoms with E-state index in [1.807, 2.05) is 12.1 Å². The second-order valence-electron chi connectivity index (χ2n) is 9.53. The Hall–Kier alpha value is -3.44. The molecule has 1 unspecified atom stereocenters. The molecule has 5 heteroatoms. The van der Waals surface area contributed by atoms with Gasteiger partial charge in [0.2, 0.25) is 0 Å². The summed E-state index contributed by atoms with van der Waals surface area (Å²) in [5, 5.41) is 3.64. The van der Waals surface area contributed by atoms with E-state index in [-0.39, 0.29) is 0 Å². The van der Waals surface area contributed by atoms with E-state index in [4.69, 9.17) is 14.2 Å². The lowest BCUT2D eigenvalue weighted by Gasteiger charge is -2.42. The number of hydrogen-bond acceptors (Lipinski definition) is 5. The van der Waals surface area contributed by atoms with E-state index in [1.165, 1.54) is 28.0 Å². The smallest absolute Gasteiger partial charge is 0.161 e. The average molecular weight is 471 g/mol. The van der Waals surface area contributed by atoms with Crippen LogP contribution in [-0.2, 0) is 13.0 Å². The first-order chi connectivity index (χ1) is 17.0. The molecule has 0 aliphatic carbocycles. The predicted octanol–water partition coefficient (Wildman–Crippen LogP) is 6.28. The molecular formula is C30H34N2O3. The molecule has 2 aliphatic heterocycles. The quantitative estimate of drug-likeness (QED) is 0.440. The first-order valence-corrected chi connectivity index (χ1v) is 12.3. The zero-order valence-electron chi connectivity index (χ0n) is 21.1. The molecule has 0 amide bonds. The van der Waals surface area contributed by atoms with Gasteiger partial charge in [-0.3, -0.25) is 4.90 Å². The van der Waals surface area contributed by atoms with E-state index in [0.717, 1.165) is 54.4 Å². The summed E-state index contributed by atoms with van der Waals surface area (Å²) in [6.07, 6.45) is 2.00. The average Bonchev–Trinajstić information content (AvgIpc) is 2.88. The lowest BCUT2D eigenvalue weighted by molar-refractivity contribution is 0.186. The number of rotatable bonds is 7. The minimum Gasteiger partial charge on any atom is -0.497 e. The van der Waals surface area contributed by atoms with Crippen molar-refractivity contribution in [1.29, 1.82) is 0 Å². The van der Waals surface area contributed by atoms with Crippen LogP contribution in [0.2, 0.25) is 0 Å². The van der Waals surface area contributed by atoms with E-state index in [9.17, 15) is 0 Å². The van der Waals surface area contributed by atoms with Gasteiger partial charge < -0.3 is 19.5 Å². The minimum atomic E-state index is 0.361. The number of methoxy groups -OCH3 is 2. The summed E-state index contributed by atoms with van der Waals surface area (Å²) in [5.74, 6) is 2.50. The maximum atomic E-state index is 6.21. The van der Waals surface area contributed by atoms with Crippen LogP contribution in [0.3, 0.4) is 0 Å². The van der Waals surface area contributed by atoms with Gasteiger partial charge in [-0.1, -0.05) is 35.4 Å². The fourth-order valence-electron chi connectivity index (χ4n) is 5.05. The Morgan fingerprint density at radius 2 is 1.69 bits per heavy atom. The van der Waals surface area contributed by atoms with Crippen LogP contribution in [0.1, 0.15) is 41.6 Å². The standard InChI is InChI=1S/C30H34N2O3/c1-20-5-7-22(8-6-20)19-35-30-16-23-13-14-32-18-27(31-24-9-11-25(33-3)12-10-24)21(2)15-28(32)26(23)17-29(30)34-4/h5-12,16-17,28,31H,13-15,18-19H2,1-4H3. The number of ether oxygens (including phenoxy) is 3. The topological polar surface area (TPSA) is 43.0 Å². The van der Waals surface area contributed by atoms with E-state index < -0.39 is 0 Å². The Kier molecular flexibility index (Phi) is 6.69. The van der Waals surface area contributed by atoms with E-state index in [0.29, 0.717) is 12.6 Å². The molecule has 0 radical (unpaired) electrons. The number of aryl methyl sites for hydroxylation is 1. The SMILES string of the molecule is COc1ccc(NC2=C(C)CC3c4cc(OC)c(OCc5ccc(C)cc5)cc4CCN3C2)cc1. The Morgan fingerprint density at radius 1 is 0.914 bits per heavy atom. The maximum Gasteiger partial charge on any atom is 0.161 e. The first-order valence-electron chi connectivity index (χ1n) is 12.3. The van der Waals surface area contributed by atoms with Crippen molar-refractivity contribution in [2.75, 3.05) is 32.6 Å². The fraction of sp³-hybridized carbons (Fsp3) is 0.333. The van der Waals surface area contributed by atoms with Gasteiger partial charge in [-0.25, -0.2) is 0 Å². The summed E-state index contributed by atoms with van der Waals surface area (Å²) >= 11 is 0. The van der Waals surface area contributed by atoms with E-state index in [2.05, 4.69) is 72.6 Å². The van der Waals surface area contributed by atoms with Gasteiger partial charge in [0.1, 0.15) is 12.4 Å².